The van der Waals surface area contributed by atoms with Crippen LogP contribution < -0.4 is 20.0 Å². The molecular weight excluding hydrogens is 659 g/mol. The molecule has 1 N–H and O–H groups in total. The van der Waals surface area contributed by atoms with Gasteiger partial charge in [-0.1, -0.05) is 46.0 Å². The van der Waals surface area contributed by atoms with Crippen LogP contribution in [0.4, 0.5) is 27.8 Å². The van der Waals surface area contributed by atoms with Gasteiger partial charge in [0.15, 0.2) is 11.6 Å². The first-order chi connectivity index (χ1) is 25.5. The summed E-state index contributed by atoms with van der Waals surface area (Å²) in [6.07, 6.45) is 18.3. The molecule has 280 valence electrons. The Morgan fingerprint density at radius 2 is 1.23 bits per heavy atom. The molecule has 5 aliphatic heterocycles. The van der Waals surface area contributed by atoms with Crippen molar-refractivity contribution in [3.05, 3.63) is 72.3 Å². The van der Waals surface area contributed by atoms with Gasteiger partial charge in [-0.2, -0.15) is 0 Å². The topological polar surface area (TPSA) is 93.6 Å². The Labute approximate surface area is 316 Å². The number of anilines is 4. The standard InChI is InChI=1S/C21H25N5O.C15H16N4.C6H12.CH4/c1-15-13-16(7-9-22-15)18-5-6-19-20(23-18)26(17-8-12-25(19)14-17)21(27)24-10-3-2-4-11-24;1-10-8-11(4-6-16-10)13-2-3-14-15(18-13)17-12-5-7-19(14)9-12;1-2-4-6-5-3-1;/h5-7,9,13,17H,2-4,8,10-12,14H2,1H3;2-4,6,8,12H,5,7,9H2,1H3,(H,17,18);1-6H2;1H4/t17-;12-;;/m00../s1. The maximum absolute atomic E-state index is 13.4. The SMILES string of the molecule is C.C1CCCCC1.Cc1cc(-c2ccc3c(n2)N(C(=O)N2CCCCC2)[C@H]2CCN3C2)ccn1.Cc1cc(-c2ccc3c(n2)N[C@H]2CCN3C2)ccn1. The van der Waals surface area contributed by atoms with E-state index in [0.29, 0.717) is 6.04 Å². The highest BCUT2D eigenvalue weighted by atomic mass is 16.2. The molecule has 10 rings (SSSR count). The molecule has 0 radical (unpaired) electrons. The summed E-state index contributed by atoms with van der Waals surface area (Å²) < 4.78 is 0. The van der Waals surface area contributed by atoms with Gasteiger partial charge in [0.05, 0.1) is 28.8 Å². The van der Waals surface area contributed by atoms with Crippen LogP contribution in [0.15, 0.2) is 60.9 Å². The molecule has 53 heavy (non-hydrogen) atoms. The number of rotatable bonds is 2. The fraction of sp³-hybridized carbons (Fsp3) is 0.512. The minimum absolute atomic E-state index is 0. The summed E-state index contributed by atoms with van der Waals surface area (Å²) in [5, 5.41) is 3.54. The summed E-state index contributed by atoms with van der Waals surface area (Å²) in [6.45, 7) is 9.89. The molecule has 4 fully saturated rings. The van der Waals surface area contributed by atoms with E-state index in [4.69, 9.17) is 9.97 Å². The summed E-state index contributed by atoms with van der Waals surface area (Å²) in [6, 6.07) is 17.5. The number of carbonyl (C=O) groups is 1. The van der Waals surface area contributed by atoms with Gasteiger partial charge in [0.2, 0.25) is 0 Å². The number of amides is 2. The molecule has 4 aromatic rings. The molecule has 4 aromatic heterocycles. The summed E-state index contributed by atoms with van der Waals surface area (Å²) in [5.74, 6) is 1.85. The maximum atomic E-state index is 13.4. The molecule has 2 atom stereocenters. The Morgan fingerprint density at radius 1 is 0.660 bits per heavy atom. The smallest absolute Gasteiger partial charge is 0.326 e. The summed E-state index contributed by atoms with van der Waals surface area (Å²) in [4.78, 5) is 40.5. The first-order valence-electron chi connectivity index (χ1n) is 19.7. The van der Waals surface area contributed by atoms with Crippen LogP contribution in [0.25, 0.3) is 22.5 Å². The van der Waals surface area contributed by atoms with Gasteiger partial charge >= 0.3 is 6.03 Å². The molecule has 0 spiro atoms. The number of carbonyl (C=O) groups excluding carboxylic acids is 1. The van der Waals surface area contributed by atoms with Gasteiger partial charge in [0, 0.05) is 80.2 Å². The number of hydrogen-bond acceptors (Lipinski definition) is 8. The van der Waals surface area contributed by atoms with E-state index < -0.39 is 0 Å². The van der Waals surface area contributed by atoms with Crippen molar-refractivity contribution in [2.24, 2.45) is 0 Å². The van der Waals surface area contributed by atoms with Crippen LogP contribution in [0.1, 0.15) is 89.4 Å². The molecule has 9 heterocycles. The zero-order valence-electron chi connectivity index (χ0n) is 30.9. The number of pyridine rings is 4. The second-order valence-corrected chi connectivity index (χ2v) is 15.3. The molecule has 10 heteroatoms. The molecule has 0 unspecified atom stereocenters. The number of nitrogens with one attached hydrogen (secondary N) is 1. The molecule has 10 nitrogen and oxygen atoms in total. The van der Waals surface area contributed by atoms with Crippen LogP contribution in [0.2, 0.25) is 0 Å². The van der Waals surface area contributed by atoms with Gasteiger partial charge in [-0.25, -0.2) is 14.8 Å². The lowest BCUT2D eigenvalue weighted by Crippen LogP contribution is -2.53. The molecule has 2 amide bonds. The average molecular weight is 716 g/mol. The van der Waals surface area contributed by atoms with Gasteiger partial charge in [-0.05, 0) is 94.5 Å². The van der Waals surface area contributed by atoms with E-state index >= 15 is 0 Å². The first kappa shape index (κ1) is 36.6. The Hall–Kier alpha value is -4.73. The molecule has 3 saturated heterocycles. The highest BCUT2D eigenvalue weighted by Gasteiger charge is 2.42. The summed E-state index contributed by atoms with van der Waals surface area (Å²) in [7, 11) is 0. The Bertz CT molecular complexity index is 1860. The van der Waals surface area contributed by atoms with Crippen molar-refractivity contribution in [2.45, 2.75) is 104 Å². The van der Waals surface area contributed by atoms with Crippen molar-refractivity contribution in [2.75, 3.05) is 59.3 Å². The predicted octanol–water partition coefficient (Wildman–Crippen LogP) is 8.89. The number of fused-ring (bicyclic) bond motifs is 8. The van der Waals surface area contributed by atoms with Gasteiger partial charge in [-0.3, -0.25) is 14.9 Å². The Kier molecular flexibility index (Phi) is 11.4. The number of nitrogens with zero attached hydrogens (tertiary/aromatic N) is 8. The maximum Gasteiger partial charge on any atom is 0.326 e. The second kappa shape index (κ2) is 16.5. The number of urea groups is 1. The third kappa shape index (κ3) is 8.11. The Morgan fingerprint density at radius 3 is 1.87 bits per heavy atom. The van der Waals surface area contributed by atoms with Crippen molar-refractivity contribution in [1.29, 1.82) is 0 Å². The zero-order valence-corrected chi connectivity index (χ0v) is 30.9. The lowest BCUT2D eigenvalue weighted by atomic mass is 10.0. The molecular formula is C43H57N9O. The number of piperidine rings is 1. The molecule has 1 aliphatic carbocycles. The van der Waals surface area contributed by atoms with E-state index in [-0.39, 0.29) is 19.5 Å². The fourth-order valence-corrected chi connectivity index (χ4v) is 8.59. The predicted molar refractivity (Wildman–Crippen MR) is 217 cm³/mol. The average Bonchev–Trinajstić information content (AvgIpc) is 3.80. The number of aromatic nitrogens is 4. The van der Waals surface area contributed by atoms with Crippen molar-refractivity contribution < 1.29 is 4.79 Å². The third-order valence-electron chi connectivity index (χ3n) is 11.4. The van der Waals surface area contributed by atoms with E-state index in [1.807, 2.05) is 54.2 Å². The van der Waals surface area contributed by atoms with Crippen molar-refractivity contribution >= 4 is 29.0 Å². The number of hydrogen-bond donors (Lipinski definition) is 1. The normalized spacial score (nSPS) is 20.8. The van der Waals surface area contributed by atoms with Crippen LogP contribution in [-0.2, 0) is 0 Å². The monoisotopic (exact) mass is 715 g/mol. The zero-order chi connectivity index (χ0) is 35.4. The first-order valence-corrected chi connectivity index (χ1v) is 19.7. The molecule has 1 saturated carbocycles. The van der Waals surface area contributed by atoms with Crippen LogP contribution in [0.3, 0.4) is 0 Å². The third-order valence-corrected chi connectivity index (χ3v) is 11.4. The van der Waals surface area contributed by atoms with Gasteiger partial charge in [-0.15, -0.1) is 0 Å². The second-order valence-electron chi connectivity index (χ2n) is 15.3. The Balaban J connectivity index is 0.000000145. The van der Waals surface area contributed by atoms with E-state index in [2.05, 4.69) is 55.4 Å². The van der Waals surface area contributed by atoms with Gasteiger partial charge < -0.3 is 20.0 Å². The van der Waals surface area contributed by atoms with Crippen molar-refractivity contribution in [1.82, 2.24) is 24.8 Å². The van der Waals surface area contributed by atoms with E-state index in [0.717, 1.165) is 110 Å². The van der Waals surface area contributed by atoms with Crippen LogP contribution in [0.5, 0.6) is 0 Å². The fourth-order valence-electron chi connectivity index (χ4n) is 8.59. The van der Waals surface area contributed by atoms with Gasteiger partial charge in [0.1, 0.15) is 0 Å². The van der Waals surface area contributed by atoms with Crippen molar-refractivity contribution in [3.8, 4) is 22.5 Å². The molecule has 6 aliphatic rings. The number of likely N-dealkylation sites (tertiary alicyclic amines) is 1. The highest BCUT2D eigenvalue weighted by Crippen LogP contribution is 2.41. The molecule has 0 aromatic carbocycles. The molecule has 4 bridgehead atoms. The van der Waals surface area contributed by atoms with Gasteiger partial charge in [0.25, 0.3) is 0 Å². The number of aryl methyl sites for hydroxylation is 2. The summed E-state index contributed by atoms with van der Waals surface area (Å²) in [5.41, 5.74) is 8.41. The van der Waals surface area contributed by atoms with E-state index in [1.54, 1.807) is 0 Å². The van der Waals surface area contributed by atoms with E-state index in [9.17, 15) is 4.79 Å². The minimum Gasteiger partial charge on any atom is -0.366 e. The van der Waals surface area contributed by atoms with Crippen LogP contribution in [0, 0.1) is 13.8 Å². The summed E-state index contributed by atoms with van der Waals surface area (Å²) >= 11 is 0. The lowest BCUT2D eigenvalue weighted by molar-refractivity contribution is 0.190. The highest BCUT2D eigenvalue weighted by molar-refractivity contribution is 5.97. The van der Waals surface area contributed by atoms with Crippen LogP contribution in [-0.4, -0.2) is 82.2 Å². The largest absolute Gasteiger partial charge is 0.366 e. The quantitative estimate of drug-likeness (QED) is 0.220. The minimum atomic E-state index is 0. The van der Waals surface area contributed by atoms with Crippen LogP contribution >= 0.6 is 0 Å². The van der Waals surface area contributed by atoms with Crippen molar-refractivity contribution in [3.63, 3.8) is 0 Å². The van der Waals surface area contributed by atoms with E-state index in [1.165, 1.54) is 57.1 Å². The lowest BCUT2D eigenvalue weighted by Gasteiger charge is -2.39.